The fourth-order valence-corrected chi connectivity index (χ4v) is 3.67. The summed E-state index contributed by atoms with van der Waals surface area (Å²) in [4.78, 5) is 55.9. The number of hydrogen-bond acceptors (Lipinski definition) is 6. The zero-order chi connectivity index (χ0) is 19.0. The molecule has 1 aliphatic rings. The summed E-state index contributed by atoms with van der Waals surface area (Å²) in [6, 6.07) is 6.46. The maximum atomic E-state index is 12.4. The summed E-state index contributed by atoms with van der Waals surface area (Å²) in [5.41, 5.74) is 0.858. The smallest absolute Gasteiger partial charge is 0.334 e. The van der Waals surface area contributed by atoms with Crippen LogP contribution < -0.4 is 0 Å². The molecule has 0 radical (unpaired) electrons. The number of urea groups is 1. The molecule has 0 unspecified atom stereocenters. The van der Waals surface area contributed by atoms with Gasteiger partial charge in [0, 0.05) is 13.1 Å². The Morgan fingerprint density at radius 1 is 1.19 bits per heavy atom. The minimum absolute atomic E-state index is 0.260. The number of carbonyl (C=O) groups is 4. The van der Waals surface area contributed by atoms with Crippen molar-refractivity contribution < 1.29 is 19.2 Å². The molecule has 1 saturated heterocycles. The summed E-state index contributed by atoms with van der Waals surface area (Å²) in [6.45, 7) is 3.06. The number of rotatable bonds is 5. The molecule has 0 spiro atoms. The van der Waals surface area contributed by atoms with Crippen LogP contribution in [0.25, 0.3) is 10.2 Å². The van der Waals surface area contributed by atoms with Crippen LogP contribution in [-0.2, 0) is 20.9 Å². The number of nitrogens with zero attached hydrogens (tertiary/aromatic N) is 4. The molecule has 9 heteroatoms. The van der Waals surface area contributed by atoms with Crippen molar-refractivity contribution in [1.82, 2.24) is 19.7 Å². The van der Waals surface area contributed by atoms with Crippen LogP contribution in [0, 0.1) is 0 Å². The largest absolute Gasteiger partial charge is 0.337 e. The second-order valence-electron chi connectivity index (χ2n) is 6.27. The molecular weight excluding hydrogens is 356 g/mol. The van der Waals surface area contributed by atoms with Gasteiger partial charge in [0.05, 0.1) is 16.8 Å². The maximum absolute atomic E-state index is 12.4. The molecule has 0 saturated carbocycles. The lowest BCUT2D eigenvalue weighted by molar-refractivity contribution is -0.145. The Balaban J connectivity index is 1.68. The van der Waals surface area contributed by atoms with Gasteiger partial charge >= 0.3 is 17.8 Å². The number of amides is 5. The third-order valence-electron chi connectivity index (χ3n) is 4.03. The maximum Gasteiger partial charge on any atom is 0.334 e. The van der Waals surface area contributed by atoms with E-state index in [1.807, 2.05) is 24.3 Å². The Kier molecular flexibility index (Phi) is 4.73. The standard InChI is InChI=1S/C17H18N4O4S/c1-10(2)21-16(24)15(23)20(17(21)25)9-14(22)19(3)8-13-18-11-6-4-5-7-12(11)26-13/h4-7,10H,8-9H2,1-3H3. The first-order valence-corrected chi connectivity index (χ1v) is 8.88. The van der Waals surface area contributed by atoms with Crippen molar-refractivity contribution in [2.45, 2.75) is 26.4 Å². The molecule has 2 aromatic rings. The van der Waals surface area contributed by atoms with E-state index in [1.165, 1.54) is 16.2 Å². The van der Waals surface area contributed by atoms with Crippen molar-refractivity contribution in [3.63, 3.8) is 0 Å². The quantitative estimate of drug-likeness (QED) is 0.584. The lowest BCUT2D eigenvalue weighted by Gasteiger charge is -2.20. The molecule has 136 valence electrons. The van der Waals surface area contributed by atoms with Gasteiger partial charge in [0.1, 0.15) is 11.6 Å². The van der Waals surface area contributed by atoms with Gasteiger partial charge < -0.3 is 4.90 Å². The predicted octanol–water partition coefficient (Wildman–Crippen LogP) is 1.45. The number of fused-ring (bicyclic) bond motifs is 1. The van der Waals surface area contributed by atoms with E-state index in [0.717, 1.165) is 20.1 Å². The van der Waals surface area contributed by atoms with E-state index in [1.54, 1.807) is 20.9 Å². The Labute approximate surface area is 154 Å². The molecule has 1 fully saturated rings. The van der Waals surface area contributed by atoms with Crippen LogP contribution in [0.5, 0.6) is 0 Å². The first-order valence-electron chi connectivity index (χ1n) is 8.07. The first-order chi connectivity index (χ1) is 12.3. The van der Waals surface area contributed by atoms with Gasteiger partial charge in [0.15, 0.2) is 0 Å². The number of imide groups is 2. The summed E-state index contributed by atoms with van der Waals surface area (Å²) < 4.78 is 1.02. The number of aromatic nitrogens is 1. The molecule has 1 aromatic heterocycles. The summed E-state index contributed by atoms with van der Waals surface area (Å²) in [5, 5.41) is 0.751. The van der Waals surface area contributed by atoms with Crippen molar-refractivity contribution in [2.24, 2.45) is 0 Å². The number of thiazole rings is 1. The normalized spacial score (nSPS) is 14.8. The van der Waals surface area contributed by atoms with Gasteiger partial charge in [-0.1, -0.05) is 12.1 Å². The summed E-state index contributed by atoms with van der Waals surface area (Å²) >= 11 is 1.48. The van der Waals surface area contributed by atoms with E-state index >= 15 is 0 Å². The molecule has 0 bridgehead atoms. The minimum atomic E-state index is -0.967. The van der Waals surface area contributed by atoms with E-state index in [-0.39, 0.29) is 6.54 Å². The van der Waals surface area contributed by atoms with Crippen LogP contribution in [0.2, 0.25) is 0 Å². The Morgan fingerprint density at radius 3 is 2.50 bits per heavy atom. The zero-order valence-electron chi connectivity index (χ0n) is 14.6. The van der Waals surface area contributed by atoms with E-state index < -0.39 is 36.3 Å². The van der Waals surface area contributed by atoms with Gasteiger partial charge in [-0.3, -0.25) is 19.3 Å². The zero-order valence-corrected chi connectivity index (χ0v) is 15.4. The van der Waals surface area contributed by atoms with E-state index in [2.05, 4.69) is 4.98 Å². The second kappa shape index (κ2) is 6.83. The first kappa shape index (κ1) is 18.0. The van der Waals surface area contributed by atoms with Crippen LogP contribution in [0.15, 0.2) is 24.3 Å². The van der Waals surface area contributed by atoms with Crippen LogP contribution in [0.3, 0.4) is 0 Å². The average Bonchev–Trinajstić information content (AvgIpc) is 3.08. The third-order valence-corrected chi connectivity index (χ3v) is 5.05. The fourth-order valence-electron chi connectivity index (χ4n) is 2.65. The summed E-state index contributed by atoms with van der Waals surface area (Å²) in [5.74, 6) is -2.30. The number of para-hydroxylation sites is 1. The lowest BCUT2D eigenvalue weighted by atomic mass is 10.3. The number of benzene rings is 1. The third kappa shape index (κ3) is 3.17. The number of hydrogen-bond donors (Lipinski definition) is 0. The molecule has 2 heterocycles. The van der Waals surface area contributed by atoms with Gasteiger partial charge in [-0.05, 0) is 26.0 Å². The molecule has 8 nitrogen and oxygen atoms in total. The Bertz CT molecular complexity index is 874. The molecule has 0 aliphatic carbocycles. The number of carbonyl (C=O) groups excluding carboxylic acids is 4. The predicted molar refractivity (Wildman–Crippen MR) is 95.2 cm³/mol. The van der Waals surface area contributed by atoms with E-state index in [0.29, 0.717) is 4.90 Å². The number of likely N-dealkylation sites (N-methyl/N-ethyl adjacent to an activating group) is 1. The highest BCUT2D eigenvalue weighted by atomic mass is 32.1. The van der Waals surface area contributed by atoms with Crippen LogP contribution in [-0.4, -0.2) is 63.1 Å². The van der Waals surface area contributed by atoms with Gasteiger partial charge in [0.25, 0.3) is 0 Å². The van der Waals surface area contributed by atoms with E-state index in [4.69, 9.17) is 0 Å². The van der Waals surface area contributed by atoms with Gasteiger partial charge in [0.2, 0.25) is 5.91 Å². The molecule has 26 heavy (non-hydrogen) atoms. The molecule has 1 aromatic carbocycles. The van der Waals surface area contributed by atoms with Crippen molar-refractivity contribution in [3.8, 4) is 0 Å². The molecular formula is C17H18N4O4S. The van der Waals surface area contributed by atoms with Crippen LogP contribution >= 0.6 is 11.3 Å². The lowest BCUT2D eigenvalue weighted by Crippen LogP contribution is -2.42. The Morgan fingerprint density at radius 2 is 1.88 bits per heavy atom. The molecule has 1 aliphatic heterocycles. The molecule has 0 N–H and O–H groups in total. The molecule has 3 rings (SSSR count). The minimum Gasteiger partial charge on any atom is -0.337 e. The average molecular weight is 374 g/mol. The molecule has 0 atom stereocenters. The van der Waals surface area contributed by atoms with Gasteiger partial charge in [-0.15, -0.1) is 11.3 Å². The SMILES string of the molecule is CC(C)N1C(=O)C(=O)N(CC(=O)N(C)Cc2nc3ccccc3s2)C1=O. The van der Waals surface area contributed by atoms with Crippen LogP contribution in [0.1, 0.15) is 18.9 Å². The van der Waals surface area contributed by atoms with E-state index in [9.17, 15) is 19.2 Å². The van der Waals surface area contributed by atoms with Crippen molar-refractivity contribution >= 4 is 45.3 Å². The molecule has 5 amide bonds. The summed E-state index contributed by atoms with van der Waals surface area (Å²) in [7, 11) is 1.57. The van der Waals surface area contributed by atoms with Crippen molar-refractivity contribution in [3.05, 3.63) is 29.3 Å². The van der Waals surface area contributed by atoms with Gasteiger partial charge in [-0.2, -0.15) is 0 Å². The Hall–Kier alpha value is -2.81. The van der Waals surface area contributed by atoms with Crippen LogP contribution in [0.4, 0.5) is 4.79 Å². The highest BCUT2D eigenvalue weighted by molar-refractivity contribution is 7.18. The summed E-state index contributed by atoms with van der Waals surface area (Å²) in [6.07, 6.45) is 0. The highest BCUT2D eigenvalue weighted by Gasteiger charge is 2.46. The fraction of sp³-hybridized carbons (Fsp3) is 0.353. The van der Waals surface area contributed by atoms with Crippen molar-refractivity contribution in [1.29, 1.82) is 0 Å². The van der Waals surface area contributed by atoms with Gasteiger partial charge in [-0.25, -0.2) is 14.7 Å². The second-order valence-corrected chi connectivity index (χ2v) is 7.38. The topological polar surface area (TPSA) is 90.9 Å². The van der Waals surface area contributed by atoms with Crippen molar-refractivity contribution in [2.75, 3.05) is 13.6 Å². The highest BCUT2D eigenvalue weighted by Crippen LogP contribution is 2.22. The monoisotopic (exact) mass is 374 g/mol.